The zero-order valence-corrected chi connectivity index (χ0v) is 15.7. The Morgan fingerprint density at radius 2 is 1.72 bits per heavy atom. The Labute approximate surface area is 156 Å². The maximum absolute atomic E-state index is 12.2. The largest absolute Gasteiger partial charge is 0.311 e. The molecule has 2 aromatic carbocycles. The second-order valence-electron chi connectivity index (χ2n) is 6.03. The van der Waals surface area contributed by atoms with Crippen LogP contribution < -0.4 is 5.32 Å². The van der Waals surface area contributed by atoms with Crippen LogP contribution in [0.2, 0.25) is 0 Å². The van der Waals surface area contributed by atoms with E-state index in [1.165, 1.54) is 11.1 Å². The molecule has 1 aromatic heterocycles. The zero-order valence-electron chi connectivity index (χ0n) is 14.1. The smallest absolute Gasteiger partial charge is 0.225 e. The van der Waals surface area contributed by atoms with Crippen molar-refractivity contribution < 1.29 is 4.79 Å². The van der Waals surface area contributed by atoms with Gasteiger partial charge in [-0.15, -0.1) is 0 Å². The van der Waals surface area contributed by atoms with E-state index in [1.54, 1.807) is 10.9 Å². The van der Waals surface area contributed by atoms with Gasteiger partial charge in [-0.3, -0.25) is 4.79 Å². The Bertz CT molecular complexity index is 838. The lowest BCUT2D eigenvalue weighted by Crippen LogP contribution is -2.16. The van der Waals surface area contributed by atoms with Gasteiger partial charge in [0.1, 0.15) is 5.82 Å². The number of carbonyl (C=O) groups excluding carboxylic acids is 1. The number of anilines is 1. The number of carbonyl (C=O) groups is 1. The number of rotatable bonds is 6. The number of nitrogens with zero attached hydrogens (tertiary/aromatic N) is 2. The molecule has 0 saturated carbocycles. The van der Waals surface area contributed by atoms with Crippen molar-refractivity contribution in [3.05, 3.63) is 82.0 Å². The van der Waals surface area contributed by atoms with E-state index >= 15 is 0 Å². The molecule has 1 heterocycles. The molecule has 3 aromatic rings. The van der Waals surface area contributed by atoms with Crippen LogP contribution in [-0.2, 0) is 17.8 Å². The van der Waals surface area contributed by atoms with Crippen LogP contribution >= 0.6 is 15.9 Å². The summed E-state index contributed by atoms with van der Waals surface area (Å²) in [5.41, 5.74) is 3.52. The number of nitrogens with one attached hydrogen (secondary N) is 1. The third-order valence-corrected chi connectivity index (χ3v) is 4.52. The van der Waals surface area contributed by atoms with E-state index < -0.39 is 0 Å². The minimum absolute atomic E-state index is 0.00173. The number of amides is 1. The van der Waals surface area contributed by atoms with E-state index in [1.807, 2.05) is 30.3 Å². The predicted octanol–water partition coefficient (Wildman–Crippen LogP) is 4.57. The molecule has 1 N–H and O–H groups in total. The molecule has 0 spiro atoms. The molecule has 0 aliphatic carbocycles. The van der Waals surface area contributed by atoms with Crippen LogP contribution in [-0.4, -0.2) is 15.7 Å². The molecule has 3 rings (SSSR count). The third kappa shape index (κ3) is 5.03. The van der Waals surface area contributed by atoms with Crippen LogP contribution in [0.4, 0.5) is 5.82 Å². The van der Waals surface area contributed by atoms with Crippen molar-refractivity contribution in [3.63, 3.8) is 0 Å². The van der Waals surface area contributed by atoms with Crippen LogP contribution in [0.1, 0.15) is 23.1 Å². The molecule has 0 bridgehead atoms. The van der Waals surface area contributed by atoms with Gasteiger partial charge in [-0.05, 0) is 36.6 Å². The maximum Gasteiger partial charge on any atom is 0.225 e. The molecule has 0 unspecified atom stereocenters. The molecule has 0 aliphatic rings. The number of hydrogen-bond donors (Lipinski definition) is 1. The van der Waals surface area contributed by atoms with Gasteiger partial charge in [0.2, 0.25) is 5.91 Å². The number of halogens is 1. The van der Waals surface area contributed by atoms with E-state index in [0.717, 1.165) is 22.3 Å². The van der Waals surface area contributed by atoms with E-state index in [-0.39, 0.29) is 5.91 Å². The fourth-order valence-corrected chi connectivity index (χ4v) is 2.81. The van der Waals surface area contributed by atoms with Gasteiger partial charge in [-0.2, -0.15) is 5.10 Å². The minimum Gasteiger partial charge on any atom is -0.311 e. The van der Waals surface area contributed by atoms with Gasteiger partial charge in [-0.25, -0.2) is 4.68 Å². The third-order valence-electron chi connectivity index (χ3n) is 3.99. The highest BCUT2D eigenvalue weighted by molar-refractivity contribution is 9.10. The first-order chi connectivity index (χ1) is 12.1. The van der Waals surface area contributed by atoms with Gasteiger partial charge >= 0.3 is 0 Å². The fraction of sp³-hybridized carbons (Fsp3) is 0.200. The molecule has 128 valence electrons. The lowest BCUT2D eigenvalue weighted by atomic mass is 10.1. The van der Waals surface area contributed by atoms with Crippen molar-refractivity contribution in [1.29, 1.82) is 0 Å². The Morgan fingerprint density at radius 1 is 1.04 bits per heavy atom. The molecule has 5 heteroatoms. The van der Waals surface area contributed by atoms with Crippen LogP contribution in [0.15, 0.2) is 65.3 Å². The molecule has 0 aliphatic heterocycles. The highest BCUT2D eigenvalue weighted by Gasteiger charge is 2.08. The average molecular weight is 398 g/mol. The molecule has 25 heavy (non-hydrogen) atoms. The molecular formula is C20H20BrN3O. The van der Waals surface area contributed by atoms with Crippen LogP contribution in [0.3, 0.4) is 0 Å². The van der Waals surface area contributed by atoms with Crippen LogP contribution in [0, 0.1) is 6.92 Å². The summed E-state index contributed by atoms with van der Waals surface area (Å²) in [5, 5.41) is 7.26. The van der Waals surface area contributed by atoms with Gasteiger partial charge in [0.25, 0.3) is 0 Å². The van der Waals surface area contributed by atoms with Gasteiger partial charge < -0.3 is 5.32 Å². The summed E-state index contributed by atoms with van der Waals surface area (Å²) in [5.74, 6) is 0.718. The van der Waals surface area contributed by atoms with Crippen molar-refractivity contribution in [3.8, 4) is 0 Å². The van der Waals surface area contributed by atoms with Crippen LogP contribution in [0.25, 0.3) is 0 Å². The molecule has 1 amide bonds. The van der Waals surface area contributed by atoms with Gasteiger partial charge in [0.15, 0.2) is 0 Å². The van der Waals surface area contributed by atoms with Crippen LogP contribution in [0.5, 0.6) is 0 Å². The maximum atomic E-state index is 12.2. The van der Waals surface area contributed by atoms with Crippen molar-refractivity contribution in [2.24, 2.45) is 0 Å². The summed E-state index contributed by atoms with van der Waals surface area (Å²) >= 11 is 3.43. The second kappa shape index (κ2) is 8.12. The lowest BCUT2D eigenvalue weighted by Gasteiger charge is -2.09. The van der Waals surface area contributed by atoms with Crippen molar-refractivity contribution in [2.75, 3.05) is 5.32 Å². The SMILES string of the molecule is Cc1ccc(CCC(=O)Nc2ccnn2Cc2ccc(Br)cc2)cc1. The highest BCUT2D eigenvalue weighted by atomic mass is 79.9. The molecule has 0 fully saturated rings. The van der Waals surface area contributed by atoms with E-state index in [2.05, 4.69) is 57.5 Å². The van der Waals surface area contributed by atoms with E-state index in [0.29, 0.717) is 13.0 Å². The summed E-state index contributed by atoms with van der Waals surface area (Å²) in [6.45, 7) is 2.68. The molecule has 0 atom stereocenters. The molecule has 0 radical (unpaired) electrons. The first kappa shape index (κ1) is 17.4. The Morgan fingerprint density at radius 3 is 2.44 bits per heavy atom. The second-order valence-corrected chi connectivity index (χ2v) is 6.95. The first-order valence-corrected chi connectivity index (χ1v) is 9.01. The Balaban J connectivity index is 1.57. The highest BCUT2D eigenvalue weighted by Crippen LogP contribution is 2.14. The van der Waals surface area contributed by atoms with Gasteiger partial charge in [0.05, 0.1) is 12.7 Å². The summed E-state index contributed by atoms with van der Waals surface area (Å²) in [7, 11) is 0. The summed E-state index contributed by atoms with van der Waals surface area (Å²) in [6.07, 6.45) is 2.88. The summed E-state index contributed by atoms with van der Waals surface area (Å²) in [6, 6.07) is 18.2. The fourth-order valence-electron chi connectivity index (χ4n) is 2.55. The molecule has 4 nitrogen and oxygen atoms in total. The topological polar surface area (TPSA) is 46.9 Å². The first-order valence-electron chi connectivity index (χ1n) is 8.22. The number of aromatic nitrogens is 2. The van der Waals surface area contributed by atoms with Crippen molar-refractivity contribution in [1.82, 2.24) is 9.78 Å². The lowest BCUT2D eigenvalue weighted by molar-refractivity contribution is -0.116. The normalized spacial score (nSPS) is 10.6. The Kier molecular flexibility index (Phi) is 5.66. The van der Waals surface area contributed by atoms with E-state index in [9.17, 15) is 4.79 Å². The number of benzene rings is 2. The van der Waals surface area contributed by atoms with Crippen molar-refractivity contribution >= 4 is 27.7 Å². The average Bonchev–Trinajstić information content (AvgIpc) is 3.03. The van der Waals surface area contributed by atoms with Gasteiger partial charge in [-0.1, -0.05) is 57.9 Å². The number of hydrogen-bond acceptors (Lipinski definition) is 2. The monoisotopic (exact) mass is 397 g/mol. The standard InChI is InChI=1S/C20H20BrN3O/c1-15-2-4-16(5-3-15)8-11-20(25)23-19-12-13-22-24(19)14-17-6-9-18(21)10-7-17/h2-7,9-10,12-13H,8,11,14H2,1H3,(H,23,25). The quantitative estimate of drug-likeness (QED) is 0.661. The predicted molar refractivity (Wildman–Crippen MR) is 104 cm³/mol. The molecular weight excluding hydrogens is 378 g/mol. The van der Waals surface area contributed by atoms with Crippen molar-refractivity contribution in [2.45, 2.75) is 26.3 Å². The van der Waals surface area contributed by atoms with Gasteiger partial charge in [0, 0.05) is 17.0 Å². The van der Waals surface area contributed by atoms with E-state index in [4.69, 9.17) is 0 Å². The zero-order chi connectivity index (χ0) is 17.6. The minimum atomic E-state index is -0.00173. The number of aryl methyl sites for hydroxylation is 2. The summed E-state index contributed by atoms with van der Waals surface area (Å²) in [4.78, 5) is 12.2. The molecule has 0 saturated heterocycles. The summed E-state index contributed by atoms with van der Waals surface area (Å²) < 4.78 is 2.84. The Hall–Kier alpha value is -2.40.